The van der Waals surface area contributed by atoms with Crippen molar-refractivity contribution in [3.05, 3.63) is 42.0 Å². The minimum atomic E-state index is -1.77. The lowest BCUT2D eigenvalue weighted by Crippen LogP contribution is -2.09. The van der Waals surface area contributed by atoms with E-state index in [0.717, 1.165) is 12.1 Å². The molecule has 2 N–H and O–H groups in total. The van der Waals surface area contributed by atoms with Crippen molar-refractivity contribution in [1.82, 2.24) is 9.55 Å². The van der Waals surface area contributed by atoms with Gasteiger partial charge in [0, 0.05) is 37.3 Å². The van der Waals surface area contributed by atoms with Gasteiger partial charge in [-0.25, -0.2) is 13.8 Å². The van der Waals surface area contributed by atoms with Crippen molar-refractivity contribution in [3.8, 4) is 0 Å². The van der Waals surface area contributed by atoms with E-state index >= 15 is 0 Å². The van der Waals surface area contributed by atoms with Crippen molar-refractivity contribution in [2.45, 2.75) is 11.3 Å². The summed E-state index contributed by atoms with van der Waals surface area (Å²) in [6, 6.07) is 1.94. The van der Waals surface area contributed by atoms with E-state index < -0.39 is 27.3 Å². The highest BCUT2D eigenvalue weighted by atomic mass is 32.2. The lowest BCUT2D eigenvalue weighted by Gasteiger charge is -2.06. The van der Waals surface area contributed by atoms with Crippen LogP contribution in [0, 0.1) is 11.6 Å². The molecule has 1 unspecified atom stereocenters. The molecule has 0 radical (unpaired) electrons. The number of aryl methyl sites for hydroxylation is 2. The van der Waals surface area contributed by atoms with Crippen LogP contribution < -0.4 is 5.73 Å². The van der Waals surface area contributed by atoms with Gasteiger partial charge in [-0.3, -0.25) is 4.21 Å². The number of nitrogens with zero attached hydrogens (tertiary/aromatic N) is 2. The smallest absolute Gasteiger partial charge is 0.144 e. The quantitative estimate of drug-likeness (QED) is 0.869. The number of nitrogen functional groups attached to an aromatic ring is 1. The van der Waals surface area contributed by atoms with E-state index in [9.17, 15) is 13.0 Å². The molecule has 1 heterocycles. The van der Waals surface area contributed by atoms with Gasteiger partial charge in [0.05, 0.1) is 10.8 Å². The minimum absolute atomic E-state index is 0.0279. The first kappa shape index (κ1) is 13.7. The number of benzene rings is 1. The van der Waals surface area contributed by atoms with Gasteiger partial charge in [-0.2, -0.15) is 0 Å². The Labute approximate surface area is 111 Å². The summed E-state index contributed by atoms with van der Waals surface area (Å²) >= 11 is 0. The second-order valence-electron chi connectivity index (χ2n) is 4.07. The average Bonchev–Trinajstić information content (AvgIpc) is 2.70. The van der Waals surface area contributed by atoms with Gasteiger partial charge >= 0.3 is 0 Å². The summed E-state index contributed by atoms with van der Waals surface area (Å²) in [5.74, 6) is -0.946. The number of anilines is 1. The van der Waals surface area contributed by atoms with Crippen molar-refractivity contribution < 1.29 is 13.0 Å². The van der Waals surface area contributed by atoms with E-state index in [2.05, 4.69) is 4.98 Å². The van der Waals surface area contributed by atoms with Crippen molar-refractivity contribution >= 4 is 16.5 Å². The van der Waals surface area contributed by atoms with Crippen LogP contribution in [-0.2, 0) is 24.3 Å². The second-order valence-corrected chi connectivity index (χ2v) is 5.58. The molecule has 2 aromatic rings. The maximum Gasteiger partial charge on any atom is 0.144 e. The molecule has 1 atom stereocenters. The maximum absolute atomic E-state index is 13.6. The highest BCUT2D eigenvalue weighted by molar-refractivity contribution is 7.85. The molecule has 0 bridgehead atoms. The number of aromatic nitrogens is 2. The fourth-order valence-corrected chi connectivity index (χ4v) is 2.85. The third-order valence-electron chi connectivity index (χ3n) is 2.68. The summed E-state index contributed by atoms with van der Waals surface area (Å²) in [6.45, 7) is 0. The predicted octanol–water partition coefficient (Wildman–Crippen LogP) is 1.63. The van der Waals surface area contributed by atoms with Crippen molar-refractivity contribution in [1.29, 1.82) is 0 Å². The fraction of sp³-hybridized carbons (Fsp3) is 0.250. The molecule has 0 saturated carbocycles. The largest absolute Gasteiger partial charge is 0.399 e. The zero-order valence-electron chi connectivity index (χ0n) is 10.3. The molecule has 7 heteroatoms. The normalized spacial score (nSPS) is 12.6. The Morgan fingerprint density at radius 2 is 2.00 bits per heavy atom. The minimum Gasteiger partial charge on any atom is -0.399 e. The molecule has 0 saturated heterocycles. The number of nitrogens with two attached hydrogens (primary N) is 1. The standard InChI is InChI=1S/C12H13F2N3OS/c1-17-4-3-16-11(17)2-5-19(18)12-9(13)6-8(15)7-10(12)14/h3-4,6-7H,2,5,15H2,1H3. The molecule has 0 aliphatic rings. The zero-order valence-corrected chi connectivity index (χ0v) is 11.1. The summed E-state index contributed by atoms with van der Waals surface area (Å²) in [6.07, 6.45) is 3.74. The molecular weight excluding hydrogens is 272 g/mol. The molecule has 19 heavy (non-hydrogen) atoms. The van der Waals surface area contributed by atoms with Gasteiger partial charge in [0.25, 0.3) is 0 Å². The van der Waals surface area contributed by atoms with Crippen molar-refractivity contribution in [2.75, 3.05) is 11.5 Å². The first-order valence-corrected chi connectivity index (χ1v) is 6.90. The summed E-state index contributed by atoms with van der Waals surface area (Å²) in [5, 5.41) is 0. The summed E-state index contributed by atoms with van der Waals surface area (Å²) in [4.78, 5) is 3.63. The Balaban J connectivity index is 2.15. The number of rotatable bonds is 4. The monoisotopic (exact) mass is 285 g/mol. The Bertz CT molecular complexity index is 604. The second kappa shape index (κ2) is 5.48. The van der Waals surface area contributed by atoms with Gasteiger partial charge < -0.3 is 10.3 Å². The Morgan fingerprint density at radius 3 is 2.53 bits per heavy atom. The van der Waals surface area contributed by atoms with Crippen LogP contribution in [0.15, 0.2) is 29.4 Å². The van der Waals surface area contributed by atoms with E-state index in [4.69, 9.17) is 5.73 Å². The average molecular weight is 285 g/mol. The van der Waals surface area contributed by atoms with E-state index in [-0.39, 0.29) is 11.4 Å². The molecule has 0 aliphatic carbocycles. The fourth-order valence-electron chi connectivity index (χ4n) is 1.72. The van der Waals surface area contributed by atoms with E-state index in [1.54, 1.807) is 24.0 Å². The van der Waals surface area contributed by atoms with E-state index in [1.165, 1.54) is 0 Å². The van der Waals surface area contributed by atoms with Crippen LogP contribution in [0.5, 0.6) is 0 Å². The Kier molecular flexibility index (Phi) is 3.94. The lowest BCUT2D eigenvalue weighted by molar-refractivity contribution is 0.535. The highest BCUT2D eigenvalue weighted by Crippen LogP contribution is 2.20. The molecule has 0 fully saturated rings. The van der Waals surface area contributed by atoms with Crippen LogP contribution in [0.25, 0.3) is 0 Å². The van der Waals surface area contributed by atoms with Crippen LogP contribution >= 0.6 is 0 Å². The molecule has 0 spiro atoms. The molecule has 102 valence electrons. The van der Waals surface area contributed by atoms with E-state index in [1.807, 2.05) is 0 Å². The Hall–Kier alpha value is -1.76. The van der Waals surface area contributed by atoms with Crippen LogP contribution in [0.3, 0.4) is 0 Å². The van der Waals surface area contributed by atoms with Crippen LogP contribution in [0.1, 0.15) is 5.82 Å². The summed E-state index contributed by atoms with van der Waals surface area (Å²) in [5.41, 5.74) is 5.28. The van der Waals surface area contributed by atoms with Gasteiger partial charge in [0.1, 0.15) is 22.4 Å². The third-order valence-corrected chi connectivity index (χ3v) is 4.10. The van der Waals surface area contributed by atoms with Crippen LogP contribution in [0.2, 0.25) is 0 Å². The summed E-state index contributed by atoms with van der Waals surface area (Å²) < 4.78 is 40.9. The lowest BCUT2D eigenvalue weighted by atomic mass is 10.3. The zero-order chi connectivity index (χ0) is 14.0. The topological polar surface area (TPSA) is 60.9 Å². The molecule has 4 nitrogen and oxygen atoms in total. The molecule has 1 aromatic heterocycles. The van der Waals surface area contributed by atoms with Crippen molar-refractivity contribution in [2.24, 2.45) is 7.05 Å². The number of halogens is 2. The molecule has 0 amide bonds. The molecule has 2 rings (SSSR count). The summed E-state index contributed by atoms with van der Waals surface area (Å²) in [7, 11) is 0.0346. The first-order chi connectivity index (χ1) is 8.99. The number of imidazole rings is 1. The van der Waals surface area contributed by atoms with Gasteiger partial charge in [-0.15, -0.1) is 0 Å². The van der Waals surface area contributed by atoms with Crippen LogP contribution in [-0.4, -0.2) is 19.5 Å². The molecule has 1 aromatic carbocycles. The van der Waals surface area contributed by atoms with Crippen molar-refractivity contribution in [3.63, 3.8) is 0 Å². The SMILES string of the molecule is Cn1ccnc1CCS(=O)c1c(F)cc(N)cc1F. The first-order valence-electron chi connectivity index (χ1n) is 5.58. The van der Waals surface area contributed by atoms with Gasteiger partial charge in [-0.05, 0) is 12.1 Å². The van der Waals surface area contributed by atoms with Gasteiger partial charge in [0.2, 0.25) is 0 Å². The molecule has 0 aliphatic heterocycles. The number of hydrogen-bond donors (Lipinski definition) is 1. The van der Waals surface area contributed by atoms with Crippen LogP contribution in [0.4, 0.5) is 14.5 Å². The maximum atomic E-state index is 13.6. The third kappa shape index (κ3) is 2.98. The molecular formula is C12H13F2N3OS. The highest BCUT2D eigenvalue weighted by Gasteiger charge is 2.17. The Morgan fingerprint density at radius 1 is 1.37 bits per heavy atom. The van der Waals surface area contributed by atoms with E-state index in [0.29, 0.717) is 12.2 Å². The predicted molar refractivity (Wildman–Crippen MR) is 69.0 cm³/mol. The van der Waals surface area contributed by atoms with Gasteiger partial charge in [-0.1, -0.05) is 0 Å². The number of hydrogen-bond acceptors (Lipinski definition) is 3. The van der Waals surface area contributed by atoms with Gasteiger partial charge in [0.15, 0.2) is 0 Å².